The number of fused-ring (bicyclic) bond motifs is 1. The molecule has 0 aliphatic carbocycles. The Kier molecular flexibility index (Phi) is 4.10. The van der Waals surface area contributed by atoms with Crippen LogP contribution < -0.4 is 10.1 Å². The highest BCUT2D eigenvalue weighted by Gasteiger charge is 2.16. The zero-order chi connectivity index (χ0) is 18.1. The molecule has 0 atom stereocenters. The maximum Gasteiger partial charge on any atom is 0.413 e. The molecule has 0 saturated carbocycles. The average molecular weight is 365 g/mol. The predicted molar refractivity (Wildman–Crippen MR) is 99.8 cm³/mol. The van der Waals surface area contributed by atoms with E-state index in [9.17, 15) is 4.79 Å². The zero-order valence-electron chi connectivity index (χ0n) is 14.1. The Balaban J connectivity index is 1.86. The van der Waals surface area contributed by atoms with E-state index in [-0.39, 0.29) is 5.88 Å². The quantitative estimate of drug-likeness (QED) is 0.600. The number of amides is 1. The van der Waals surface area contributed by atoms with Crippen LogP contribution in [0.25, 0.3) is 27.3 Å². The third-order valence-corrected chi connectivity index (χ3v) is 4.60. The van der Waals surface area contributed by atoms with E-state index in [1.165, 1.54) is 7.05 Å². The van der Waals surface area contributed by atoms with E-state index in [1.807, 2.05) is 48.8 Å². The molecule has 0 spiro atoms. The molecule has 1 N–H and O–H groups in total. The van der Waals surface area contributed by atoms with Gasteiger partial charge in [0.2, 0.25) is 5.88 Å². The SMILES string of the molecule is CNC(=O)Oc1cc(-c2ccc3ncsc3c2)n(-c2cccc(C)n2)n1. The Labute approximate surface area is 153 Å². The second-order valence-corrected chi connectivity index (χ2v) is 6.48. The molecule has 1 amide bonds. The molecule has 0 unspecified atom stereocenters. The third-order valence-electron chi connectivity index (χ3n) is 3.81. The molecular formula is C18H15N5O2S. The predicted octanol–water partition coefficient (Wildman–Crippen LogP) is 3.57. The van der Waals surface area contributed by atoms with Gasteiger partial charge in [-0.25, -0.2) is 19.4 Å². The molecule has 3 heterocycles. The highest BCUT2D eigenvalue weighted by molar-refractivity contribution is 7.16. The molecule has 3 aromatic heterocycles. The summed E-state index contributed by atoms with van der Waals surface area (Å²) in [5.41, 5.74) is 5.34. The Morgan fingerprint density at radius 1 is 1.23 bits per heavy atom. The summed E-state index contributed by atoms with van der Waals surface area (Å²) in [7, 11) is 1.50. The van der Waals surface area contributed by atoms with Gasteiger partial charge in [-0.1, -0.05) is 12.1 Å². The van der Waals surface area contributed by atoms with Crippen molar-refractivity contribution in [1.82, 2.24) is 25.1 Å². The molecule has 0 bridgehead atoms. The molecule has 8 heteroatoms. The monoisotopic (exact) mass is 365 g/mol. The molecule has 0 radical (unpaired) electrons. The van der Waals surface area contributed by atoms with E-state index >= 15 is 0 Å². The van der Waals surface area contributed by atoms with Crippen LogP contribution in [0.2, 0.25) is 0 Å². The molecule has 0 aliphatic rings. The number of carbonyl (C=O) groups is 1. The summed E-state index contributed by atoms with van der Waals surface area (Å²) in [6.07, 6.45) is -0.573. The van der Waals surface area contributed by atoms with Gasteiger partial charge in [-0.15, -0.1) is 16.4 Å². The lowest BCUT2D eigenvalue weighted by Gasteiger charge is -2.07. The van der Waals surface area contributed by atoms with E-state index in [4.69, 9.17) is 4.74 Å². The molecule has 4 rings (SSSR count). The van der Waals surface area contributed by atoms with Gasteiger partial charge in [0.1, 0.15) is 0 Å². The number of thiazole rings is 1. The van der Waals surface area contributed by atoms with Crippen molar-refractivity contribution < 1.29 is 9.53 Å². The highest BCUT2D eigenvalue weighted by Crippen LogP contribution is 2.30. The Morgan fingerprint density at radius 3 is 2.92 bits per heavy atom. The molecular weight excluding hydrogens is 350 g/mol. The van der Waals surface area contributed by atoms with E-state index in [2.05, 4.69) is 20.4 Å². The second kappa shape index (κ2) is 6.57. The summed E-state index contributed by atoms with van der Waals surface area (Å²) in [6, 6.07) is 13.4. The lowest BCUT2D eigenvalue weighted by atomic mass is 10.1. The minimum absolute atomic E-state index is 0.201. The fraction of sp³-hybridized carbons (Fsp3) is 0.111. The third kappa shape index (κ3) is 3.02. The summed E-state index contributed by atoms with van der Waals surface area (Å²) >= 11 is 1.57. The van der Waals surface area contributed by atoms with Crippen LogP contribution in [0.3, 0.4) is 0 Å². The Morgan fingerprint density at radius 2 is 2.12 bits per heavy atom. The first-order chi connectivity index (χ1) is 12.6. The number of benzene rings is 1. The summed E-state index contributed by atoms with van der Waals surface area (Å²) in [5, 5.41) is 6.83. The number of aryl methyl sites for hydroxylation is 1. The van der Waals surface area contributed by atoms with Gasteiger partial charge < -0.3 is 10.1 Å². The maximum atomic E-state index is 11.6. The first-order valence-corrected chi connectivity index (χ1v) is 8.79. The average Bonchev–Trinajstić information content (AvgIpc) is 3.27. The van der Waals surface area contributed by atoms with E-state index < -0.39 is 6.09 Å². The number of hydrogen-bond acceptors (Lipinski definition) is 6. The molecule has 26 heavy (non-hydrogen) atoms. The van der Waals surface area contributed by atoms with Crippen molar-refractivity contribution in [3.63, 3.8) is 0 Å². The van der Waals surface area contributed by atoms with E-state index in [1.54, 1.807) is 22.1 Å². The van der Waals surface area contributed by atoms with Gasteiger partial charge in [0.05, 0.1) is 21.4 Å². The Hall–Kier alpha value is -3.26. The number of carbonyl (C=O) groups excluding carboxylic acids is 1. The lowest BCUT2D eigenvalue weighted by molar-refractivity contribution is 0.201. The first-order valence-electron chi connectivity index (χ1n) is 7.91. The molecule has 1 aromatic carbocycles. The van der Waals surface area contributed by atoms with Crippen molar-refractivity contribution in [3.8, 4) is 23.0 Å². The number of hydrogen-bond donors (Lipinski definition) is 1. The van der Waals surface area contributed by atoms with Crippen molar-refractivity contribution in [2.24, 2.45) is 0 Å². The standard InChI is InChI=1S/C18H15N5O2S/c1-11-4-3-5-16(21-11)23-14(9-17(22-23)25-18(24)19-2)12-6-7-13-15(8-12)26-10-20-13/h3-10H,1-2H3,(H,19,24). The number of aromatic nitrogens is 4. The number of nitrogens with zero attached hydrogens (tertiary/aromatic N) is 4. The van der Waals surface area contributed by atoms with Crippen molar-refractivity contribution in [3.05, 3.63) is 53.7 Å². The van der Waals surface area contributed by atoms with Crippen LogP contribution >= 0.6 is 11.3 Å². The highest BCUT2D eigenvalue weighted by atomic mass is 32.1. The van der Waals surface area contributed by atoms with E-state index in [0.717, 1.165) is 27.2 Å². The van der Waals surface area contributed by atoms with Gasteiger partial charge in [-0.05, 0) is 31.2 Å². The first kappa shape index (κ1) is 16.2. The molecule has 0 fully saturated rings. The van der Waals surface area contributed by atoms with Crippen LogP contribution in [-0.2, 0) is 0 Å². The summed E-state index contributed by atoms with van der Waals surface area (Å²) in [6.45, 7) is 1.91. The van der Waals surface area contributed by atoms with Gasteiger partial charge >= 0.3 is 6.09 Å². The normalized spacial score (nSPS) is 10.8. The van der Waals surface area contributed by atoms with Crippen LogP contribution in [-0.4, -0.2) is 32.9 Å². The van der Waals surface area contributed by atoms with Gasteiger partial charge in [-0.3, -0.25) is 0 Å². The van der Waals surface area contributed by atoms with E-state index in [0.29, 0.717) is 5.82 Å². The Bertz CT molecular complexity index is 1100. The van der Waals surface area contributed by atoms with Crippen molar-refractivity contribution >= 4 is 27.6 Å². The van der Waals surface area contributed by atoms with Crippen molar-refractivity contribution in [1.29, 1.82) is 0 Å². The minimum atomic E-state index is -0.573. The van der Waals surface area contributed by atoms with Crippen molar-refractivity contribution in [2.75, 3.05) is 7.05 Å². The topological polar surface area (TPSA) is 81.9 Å². The zero-order valence-corrected chi connectivity index (χ0v) is 14.9. The van der Waals surface area contributed by atoms with Crippen LogP contribution in [0.1, 0.15) is 5.69 Å². The van der Waals surface area contributed by atoms with Gasteiger partial charge in [0, 0.05) is 24.4 Å². The van der Waals surface area contributed by atoms with Crippen LogP contribution in [0.15, 0.2) is 48.0 Å². The van der Waals surface area contributed by atoms with Gasteiger partial charge in [-0.2, -0.15) is 0 Å². The van der Waals surface area contributed by atoms with Gasteiger partial charge in [0.25, 0.3) is 0 Å². The maximum absolute atomic E-state index is 11.6. The van der Waals surface area contributed by atoms with Crippen LogP contribution in [0.4, 0.5) is 4.79 Å². The number of nitrogens with one attached hydrogen (secondary N) is 1. The number of pyridine rings is 1. The second-order valence-electron chi connectivity index (χ2n) is 5.59. The van der Waals surface area contributed by atoms with Crippen molar-refractivity contribution in [2.45, 2.75) is 6.92 Å². The lowest BCUT2D eigenvalue weighted by Crippen LogP contribution is -2.22. The van der Waals surface area contributed by atoms with Crippen LogP contribution in [0.5, 0.6) is 5.88 Å². The molecule has 7 nitrogen and oxygen atoms in total. The fourth-order valence-corrected chi connectivity index (χ4v) is 3.31. The summed E-state index contributed by atoms with van der Waals surface area (Å²) in [4.78, 5) is 20.4. The number of rotatable bonds is 3. The number of ether oxygens (including phenoxy) is 1. The largest absolute Gasteiger partial charge is 0.413 e. The van der Waals surface area contributed by atoms with Crippen LogP contribution in [0, 0.1) is 6.92 Å². The fourth-order valence-electron chi connectivity index (χ4n) is 2.60. The molecule has 130 valence electrons. The molecule has 0 aliphatic heterocycles. The smallest absolute Gasteiger partial charge is 0.390 e. The molecule has 0 saturated heterocycles. The molecule has 4 aromatic rings. The summed E-state index contributed by atoms with van der Waals surface area (Å²) < 4.78 is 7.96. The van der Waals surface area contributed by atoms with Gasteiger partial charge in [0.15, 0.2) is 5.82 Å². The minimum Gasteiger partial charge on any atom is -0.390 e. The summed E-state index contributed by atoms with van der Waals surface area (Å²) in [5.74, 6) is 0.850.